The summed E-state index contributed by atoms with van der Waals surface area (Å²) >= 11 is 0. The summed E-state index contributed by atoms with van der Waals surface area (Å²) in [6, 6.07) is 13.1. The molecule has 19 heavy (non-hydrogen) atoms. The monoisotopic (exact) mass is 255 g/mol. The third kappa shape index (κ3) is 3.11. The Kier molecular flexibility index (Phi) is 3.82. The topological polar surface area (TPSA) is 67.2 Å². The highest BCUT2D eigenvalue weighted by molar-refractivity contribution is 6.08. The maximum Gasteiger partial charge on any atom is 0.257 e. The van der Waals surface area contributed by atoms with Crippen LogP contribution in [-0.2, 0) is 0 Å². The number of rotatable bonds is 3. The van der Waals surface area contributed by atoms with Crippen molar-refractivity contribution in [1.82, 2.24) is 0 Å². The Hall–Kier alpha value is -2.33. The molecule has 2 aromatic carbocycles. The zero-order chi connectivity index (χ0) is 13.8. The predicted molar refractivity (Wildman–Crippen MR) is 78.1 cm³/mol. The van der Waals surface area contributed by atoms with Gasteiger partial charge in [-0.2, -0.15) is 0 Å². The van der Waals surface area contributed by atoms with E-state index in [9.17, 15) is 4.79 Å². The van der Waals surface area contributed by atoms with Crippen molar-refractivity contribution in [2.24, 2.45) is 5.84 Å². The smallest absolute Gasteiger partial charge is 0.257 e. The van der Waals surface area contributed by atoms with Gasteiger partial charge in [0.1, 0.15) is 0 Å². The van der Waals surface area contributed by atoms with Crippen LogP contribution in [-0.4, -0.2) is 5.91 Å². The molecule has 0 bridgehead atoms. The lowest BCUT2D eigenvalue weighted by Crippen LogP contribution is -2.17. The van der Waals surface area contributed by atoms with Crippen molar-refractivity contribution in [3.63, 3.8) is 0 Å². The van der Waals surface area contributed by atoms with E-state index in [1.165, 1.54) is 0 Å². The molecule has 2 aromatic rings. The summed E-state index contributed by atoms with van der Waals surface area (Å²) in [6.45, 7) is 3.95. The molecule has 0 spiro atoms. The molecule has 0 radical (unpaired) electrons. The highest BCUT2D eigenvalue weighted by atomic mass is 16.1. The van der Waals surface area contributed by atoms with Crippen LogP contribution in [0, 0.1) is 13.8 Å². The molecule has 0 fully saturated rings. The van der Waals surface area contributed by atoms with Gasteiger partial charge in [0, 0.05) is 5.69 Å². The average molecular weight is 255 g/mol. The molecular weight excluding hydrogens is 238 g/mol. The third-order valence-electron chi connectivity index (χ3n) is 2.88. The minimum absolute atomic E-state index is 0.184. The van der Waals surface area contributed by atoms with Gasteiger partial charge in [0.25, 0.3) is 5.91 Å². The van der Waals surface area contributed by atoms with Gasteiger partial charge in [0.05, 0.1) is 11.3 Å². The summed E-state index contributed by atoms with van der Waals surface area (Å²) in [6.07, 6.45) is 0. The van der Waals surface area contributed by atoms with Gasteiger partial charge in [-0.25, -0.2) is 0 Å². The molecule has 0 aromatic heterocycles. The van der Waals surface area contributed by atoms with Gasteiger partial charge in [0.15, 0.2) is 0 Å². The molecule has 0 aliphatic carbocycles. The van der Waals surface area contributed by atoms with E-state index in [0.717, 1.165) is 16.8 Å². The zero-order valence-electron chi connectivity index (χ0n) is 11.0. The van der Waals surface area contributed by atoms with Crippen LogP contribution in [0.4, 0.5) is 11.4 Å². The average Bonchev–Trinajstić information content (AvgIpc) is 2.41. The van der Waals surface area contributed by atoms with Crippen LogP contribution in [0.15, 0.2) is 42.5 Å². The van der Waals surface area contributed by atoms with Gasteiger partial charge < -0.3 is 10.7 Å². The lowest BCUT2D eigenvalue weighted by atomic mass is 10.1. The summed E-state index contributed by atoms with van der Waals surface area (Å²) in [5.41, 5.74) is 6.64. The van der Waals surface area contributed by atoms with Crippen LogP contribution in [0.2, 0.25) is 0 Å². The van der Waals surface area contributed by atoms with Gasteiger partial charge in [-0.15, -0.1) is 0 Å². The quantitative estimate of drug-likeness (QED) is 0.583. The third-order valence-corrected chi connectivity index (χ3v) is 2.88. The Balaban J connectivity index is 2.22. The van der Waals surface area contributed by atoms with Crippen molar-refractivity contribution in [2.75, 3.05) is 10.7 Å². The van der Waals surface area contributed by atoms with E-state index in [1.54, 1.807) is 6.07 Å². The fraction of sp³-hybridized carbons (Fsp3) is 0.133. The number of anilines is 2. The summed E-state index contributed by atoms with van der Waals surface area (Å²) in [5, 5.41) is 2.85. The molecule has 0 unspecified atom stereocenters. The van der Waals surface area contributed by atoms with Crippen molar-refractivity contribution < 1.29 is 4.79 Å². The molecule has 0 saturated heterocycles. The number of nitrogens with two attached hydrogens (primary N) is 1. The highest BCUT2D eigenvalue weighted by Crippen LogP contribution is 2.18. The SMILES string of the molecule is Cc1ccc(NC(=O)c2ccc(C)cc2NN)cc1. The molecule has 1 amide bonds. The Morgan fingerprint density at radius 3 is 2.26 bits per heavy atom. The number of hydrogen-bond donors (Lipinski definition) is 3. The number of amides is 1. The zero-order valence-corrected chi connectivity index (χ0v) is 11.0. The molecule has 4 heteroatoms. The molecule has 98 valence electrons. The lowest BCUT2D eigenvalue weighted by Gasteiger charge is -2.10. The molecule has 0 aliphatic rings. The first-order valence-electron chi connectivity index (χ1n) is 6.05. The Labute approximate surface area is 112 Å². The fourth-order valence-corrected chi connectivity index (χ4v) is 1.81. The highest BCUT2D eigenvalue weighted by Gasteiger charge is 2.11. The van der Waals surface area contributed by atoms with E-state index in [0.29, 0.717) is 11.3 Å². The number of aryl methyl sites for hydroxylation is 2. The van der Waals surface area contributed by atoms with E-state index in [4.69, 9.17) is 5.84 Å². The summed E-state index contributed by atoms with van der Waals surface area (Å²) in [7, 11) is 0. The van der Waals surface area contributed by atoms with Crippen molar-refractivity contribution in [3.8, 4) is 0 Å². The molecule has 0 saturated carbocycles. The summed E-state index contributed by atoms with van der Waals surface area (Å²) in [4.78, 5) is 12.2. The standard InChI is InChI=1S/C15H17N3O/c1-10-3-6-12(7-4-10)17-15(19)13-8-5-11(2)9-14(13)18-16/h3-9,18H,16H2,1-2H3,(H,17,19). The molecule has 0 heterocycles. The molecule has 0 atom stereocenters. The number of carbonyl (C=O) groups is 1. The summed E-state index contributed by atoms with van der Waals surface area (Å²) < 4.78 is 0. The Bertz CT molecular complexity index is 591. The largest absolute Gasteiger partial charge is 0.323 e. The van der Waals surface area contributed by atoms with Gasteiger partial charge >= 0.3 is 0 Å². The number of nitrogens with one attached hydrogen (secondary N) is 2. The van der Waals surface area contributed by atoms with Crippen LogP contribution in [0.1, 0.15) is 21.5 Å². The van der Waals surface area contributed by atoms with Gasteiger partial charge in [-0.1, -0.05) is 23.8 Å². The maximum atomic E-state index is 12.2. The second kappa shape index (κ2) is 5.54. The first-order valence-corrected chi connectivity index (χ1v) is 6.05. The van der Waals surface area contributed by atoms with Crippen molar-refractivity contribution in [3.05, 3.63) is 59.2 Å². The van der Waals surface area contributed by atoms with Gasteiger partial charge in [-0.3, -0.25) is 10.6 Å². The molecule has 0 aliphatic heterocycles. The van der Waals surface area contributed by atoms with E-state index in [1.807, 2.05) is 50.2 Å². The number of hydrazine groups is 1. The molecular formula is C15H17N3O. The van der Waals surface area contributed by atoms with E-state index in [2.05, 4.69) is 10.7 Å². The van der Waals surface area contributed by atoms with Gasteiger partial charge in [-0.05, 0) is 43.7 Å². The van der Waals surface area contributed by atoms with Crippen molar-refractivity contribution in [2.45, 2.75) is 13.8 Å². The normalized spacial score (nSPS) is 10.1. The van der Waals surface area contributed by atoms with Crippen LogP contribution in [0.25, 0.3) is 0 Å². The first-order chi connectivity index (χ1) is 9.10. The first kappa shape index (κ1) is 13.1. The number of benzene rings is 2. The molecule has 4 N–H and O–H groups in total. The second-order valence-electron chi connectivity index (χ2n) is 4.51. The van der Waals surface area contributed by atoms with Crippen LogP contribution < -0.4 is 16.6 Å². The predicted octanol–water partition coefficient (Wildman–Crippen LogP) is 2.84. The molecule has 2 rings (SSSR count). The second-order valence-corrected chi connectivity index (χ2v) is 4.51. The minimum atomic E-state index is -0.184. The maximum absolute atomic E-state index is 12.2. The number of carbonyl (C=O) groups excluding carboxylic acids is 1. The van der Waals surface area contributed by atoms with Crippen LogP contribution >= 0.6 is 0 Å². The Morgan fingerprint density at radius 2 is 1.63 bits per heavy atom. The number of nitrogen functional groups attached to an aromatic ring is 1. The van der Waals surface area contributed by atoms with Crippen molar-refractivity contribution in [1.29, 1.82) is 0 Å². The summed E-state index contributed by atoms with van der Waals surface area (Å²) in [5.74, 6) is 5.26. The van der Waals surface area contributed by atoms with Crippen LogP contribution in [0.3, 0.4) is 0 Å². The number of hydrogen-bond acceptors (Lipinski definition) is 3. The van der Waals surface area contributed by atoms with Crippen LogP contribution in [0.5, 0.6) is 0 Å². The minimum Gasteiger partial charge on any atom is -0.323 e. The lowest BCUT2D eigenvalue weighted by molar-refractivity contribution is 0.102. The van der Waals surface area contributed by atoms with E-state index >= 15 is 0 Å². The van der Waals surface area contributed by atoms with E-state index < -0.39 is 0 Å². The van der Waals surface area contributed by atoms with Crippen molar-refractivity contribution >= 4 is 17.3 Å². The molecule has 4 nitrogen and oxygen atoms in total. The van der Waals surface area contributed by atoms with Gasteiger partial charge in [0.2, 0.25) is 0 Å². The Morgan fingerprint density at radius 1 is 1.00 bits per heavy atom. The fourth-order valence-electron chi connectivity index (χ4n) is 1.81. The van der Waals surface area contributed by atoms with E-state index in [-0.39, 0.29) is 5.91 Å².